The molecule has 1 heteroatoms. The van der Waals surface area contributed by atoms with Gasteiger partial charge in [0.1, 0.15) is 0 Å². The Kier molecular flexibility index (Phi) is 12.2. The molecule has 0 aliphatic heterocycles. The molecule has 0 aliphatic carbocycles. The predicted molar refractivity (Wildman–Crippen MR) is 90.9 cm³/mol. The second-order valence-electron chi connectivity index (χ2n) is 5.52. The van der Waals surface area contributed by atoms with Crippen molar-refractivity contribution < 1.29 is 5.11 Å². The summed E-state index contributed by atoms with van der Waals surface area (Å²) in [6.45, 7) is 8.76. The van der Waals surface area contributed by atoms with E-state index in [1.54, 1.807) is 0 Å². The van der Waals surface area contributed by atoms with E-state index in [0.29, 0.717) is 0 Å². The van der Waals surface area contributed by atoms with Crippen LogP contribution in [0.5, 0.6) is 0 Å². The number of hydrogen-bond donors (Lipinski definition) is 1. The molecule has 0 aromatic carbocycles. The van der Waals surface area contributed by atoms with Crippen LogP contribution in [0.15, 0.2) is 47.1 Å². The Morgan fingerprint density at radius 3 is 1.65 bits per heavy atom. The maximum atomic E-state index is 8.79. The first-order valence-electron chi connectivity index (χ1n) is 7.79. The molecular weight excluding hydrogens is 244 g/mol. The van der Waals surface area contributed by atoms with Gasteiger partial charge in [-0.3, -0.25) is 0 Å². The van der Waals surface area contributed by atoms with Gasteiger partial charge in [0.15, 0.2) is 0 Å². The molecule has 0 rings (SSSR count). The van der Waals surface area contributed by atoms with Crippen LogP contribution >= 0.6 is 0 Å². The third-order valence-electron chi connectivity index (χ3n) is 3.44. The summed E-state index contributed by atoms with van der Waals surface area (Å²) < 4.78 is 0. The van der Waals surface area contributed by atoms with E-state index in [9.17, 15) is 0 Å². The summed E-state index contributed by atoms with van der Waals surface area (Å²) in [5.41, 5.74) is 4.24. The number of allylic oxidation sites excluding steroid dienone is 7. The summed E-state index contributed by atoms with van der Waals surface area (Å²) in [6, 6.07) is 0. The van der Waals surface area contributed by atoms with E-state index in [4.69, 9.17) is 5.11 Å². The molecule has 0 unspecified atom stereocenters. The molecule has 0 fully saturated rings. The van der Waals surface area contributed by atoms with E-state index < -0.39 is 0 Å². The molecule has 0 radical (unpaired) electrons. The molecule has 1 N–H and O–H groups in total. The van der Waals surface area contributed by atoms with Gasteiger partial charge in [-0.25, -0.2) is 0 Å². The van der Waals surface area contributed by atoms with Gasteiger partial charge in [0.2, 0.25) is 0 Å². The van der Waals surface area contributed by atoms with E-state index in [2.05, 4.69) is 52.0 Å². The van der Waals surface area contributed by atoms with Gasteiger partial charge in [-0.15, -0.1) is 0 Å². The molecule has 20 heavy (non-hydrogen) atoms. The summed E-state index contributed by atoms with van der Waals surface area (Å²) in [7, 11) is 0. The van der Waals surface area contributed by atoms with Crippen LogP contribution in [-0.2, 0) is 0 Å². The van der Waals surface area contributed by atoms with Crippen LogP contribution in [-0.4, -0.2) is 11.7 Å². The minimum Gasteiger partial charge on any atom is -0.392 e. The summed E-state index contributed by atoms with van der Waals surface area (Å²) in [6.07, 6.45) is 17.7. The molecule has 0 heterocycles. The van der Waals surface area contributed by atoms with Crippen molar-refractivity contribution in [3.8, 4) is 0 Å². The monoisotopic (exact) mass is 276 g/mol. The number of hydrogen-bond acceptors (Lipinski definition) is 1. The molecule has 0 atom stereocenters. The summed E-state index contributed by atoms with van der Waals surface area (Å²) >= 11 is 0. The number of aliphatic hydroxyl groups is 1. The quantitative estimate of drug-likeness (QED) is 0.505. The van der Waals surface area contributed by atoms with Crippen molar-refractivity contribution in [3.63, 3.8) is 0 Å². The Hall–Kier alpha value is -1.08. The SMILES string of the molecule is CC=CCC/C(C)=C/CC/C(C)=C/CC/C(C)=C/CO. The summed E-state index contributed by atoms with van der Waals surface area (Å²) in [5, 5.41) is 8.79. The van der Waals surface area contributed by atoms with Crippen molar-refractivity contribution in [1.82, 2.24) is 0 Å². The molecule has 1 nitrogen and oxygen atoms in total. The lowest BCUT2D eigenvalue weighted by Gasteiger charge is -2.02. The zero-order valence-electron chi connectivity index (χ0n) is 13.8. The Labute approximate surface area is 125 Å². The standard InChI is InChI=1S/C19H32O/c1-5-6-7-10-17(2)11-8-12-18(3)13-9-14-19(4)15-16-20/h5-6,11,13,15,20H,7-10,12,14,16H2,1-4H3/b6-5?,17-11+,18-13+,19-15+. The topological polar surface area (TPSA) is 20.2 Å². The van der Waals surface area contributed by atoms with Gasteiger partial charge in [-0.1, -0.05) is 47.1 Å². The molecule has 0 aliphatic rings. The van der Waals surface area contributed by atoms with Crippen LogP contribution in [0.25, 0.3) is 0 Å². The average Bonchev–Trinajstić information content (AvgIpc) is 2.39. The zero-order chi connectivity index (χ0) is 15.2. The molecular formula is C19H32O. The normalized spacial score (nSPS) is 14.3. The van der Waals surface area contributed by atoms with Crippen LogP contribution in [0.3, 0.4) is 0 Å². The Morgan fingerprint density at radius 2 is 1.20 bits per heavy atom. The lowest BCUT2D eigenvalue weighted by molar-refractivity contribution is 0.341. The van der Waals surface area contributed by atoms with E-state index in [-0.39, 0.29) is 6.61 Å². The van der Waals surface area contributed by atoms with E-state index >= 15 is 0 Å². The summed E-state index contributed by atoms with van der Waals surface area (Å²) in [5.74, 6) is 0. The fourth-order valence-electron chi connectivity index (χ4n) is 2.03. The molecule has 0 amide bonds. The van der Waals surface area contributed by atoms with Crippen LogP contribution in [0.4, 0.5) is 0 Å². The third kappa shape index (κ3) is 12.0. The first kappa shape index (κ1) is 18.9. The highest BCUT2D eigenvalue weighted by Crippen LogP contribution is 2.12. The smallest absolute Gasteiger partial charge is 0.0614 e. The lowest BCUT2D eigenvalue weighted by atomic mass is 10.0. The average molecular weight is 276 g/mol. The lowest BCUT2D eigenvalue weighted by Crippen LogP contribution is -1.83. The molecule has 0 saturated heterocycles. The van der Waals surface area contributed by atoms with Gasteiger partial charge >= 0.3 is 0 Å². The Bertz CT molecular complexity index is 356. The second kappa shape index (κ2) is 12.9. The van der Waals surface area contributed by atoms with Crippen molar-refractivity contribution in [3.05, 3.63) is 47.1 Å². The first-order valence-corrected chi connectivity index (χ1v) is 7.79. The highest BCUT2D eigenvalue weighted by Gasteiger charge is 1.92. The number of rotatable bonds is 10. The van der Waals surface area contributed by atoms with Crippen molar-refractivity contribution in [2.24, 2.45) is 0 Å². The van der Waals surface area contributed by atoms with Gasteiger partial charge in [0.25, 0.3) is 0 Å². The third-order valence-corrected chi connectivity index (χ3v) is 3.44. The maximum absolute atomic E-state index is 8.79. The predicted octanol–water partition coefficient (Wildman–Crippen LogP) is 5.73. The van der Waals surface area contributed by atoms with Gasteiger partial charge in [0.05, 0.1) is 6.61 Å². The second-order valence-corrected chi connectivity index (χ2v) is 5.52. The van der Waals surface area contributed by atoms with Crippen LogP contribution < -0.4 is 0 Å². The zero-order valence-corrected chi connectivity index (χ0v) is 13.8. The van der Waals surface area contributed by atoms with Crippen molar-refractivity contribution in [2.75, 3.05) is 6.61 Å². The highest BCUT2D eigenvalue weighted by atomic mass is 16.2. The van der Waals surface area contributed by atoms with Crippen LogP contribution in [0.1, 0.15) is 66.2 Å². The minimum absolute atomic E-state index is 0.159. The molecule has 0 bridgehead atoms. The van der Waals surface area contributed by atoms with Crippen molar-refractivity contribution >= 4 is 0 Å². The Balaban J connectivity index is 3.88. The van der Waals surface area contributed by atoms with Gasteiger partial charge in [-0.05, 0) is 66.2 Å². The number of aliphatic hydroxyl groups excluding tert-OH is 1. The summed E-state index contributed by atoms with van der Waals surface area (Å²) in [4.78, 5) is 0. The highest BCUT2D eigenvalue weighted by molar-refractivity contribution is 5.06. The molecule has 0 spiro atoms. The maximum Gasteiger partial charge on any atom is 0.0614 e. The van der Waals surface area contributed by atoms with E-state index in [1.807, 2.05) is 6.08 Å². The molecule has 114 valence electrons. The fraction of sp³-hybridized carbons (Fsp3) is 0.579. The first-order chi connectivity index (χ1) is 9.60. The van der Waals surface area contributed by atoms with Gasteiger partial charge < -0.3 is 5.11 Å². The van der Waals surface area contributed by atoms with Crippen LogP contribution in [0, 0.1) is 0 Å². The largest absolute Gasteiger partial charge is 0.392 e. The van der Waals surface area contributed by atoms with Crippen molar-refractivity contribution in [2.45, 2.75) is 66.2 Å². The minimum atomic E-state index is 0.159. The Morgan fingerprint density at radius 1 is 0.750 bits per heavy atom. The van der Waals surface area contributed by atoms with Crippen LogP contribution in [0.2, 0.25) is 0 Å². The van der Waals surface area contributed by atoms with Gasteiger partial charge in [-0.2, -0.15) is 0 Å². The van der Waals surface area contributed by atoms with Gasteiger partial charge in [0, 0.05) is 0 Å². The molecule has 0 aromatic heterocycles. The van der Waals surface area contributed by atoms with Crippen molar-refractivity contribution in [1.29, 1.82) is 0 Å². The molecule has 0 aromatic rings. The van der Waals surface area contributed by atoms with E-state index in [0.717, 1.165) is 32.1 Å². The molecule has 0 saturated carbocycles. The van der Waals surface area contributed by atoms with E-state index in [1.165, 1.54) is 23.1 Å². The fourth-order valence-corrected chi connectivity index (χ4v) is 2.03.